The first kappa shape index (κ1) is 48.8. The highest BCUT2D eigenvalue weighted by molar-refractivity contribution is 6.22. The van der Waals surface area contributed by atoms with Gasteiger partial charge in [-0.2, -0.15) is 0 Å². The lowest BCUT2D eigenvalue weighted by Crippen LogP contribution is -2.03. The third-order valence-corrected chi connectivity index (χ3v) is 17.0. The van der Waals surface area contributed by atoms with Gasteiger partial charge in [0.2, 0.25) is 0 Å². The lowest BCUT2D eigenvalue weighted by atomic mass is 9.86. The van der Waals surface area contributed by atoms with Gasteiger partial charge in [-0.3, -0.25) is 0 Å². The van der Waals surface area contributed by atoms with Gasteiger partial charge in [-0.15, -0.1) is 0 Å². The predicted octanol–water partition coefficient (Wildman–Crippen LogP) is 21.9. The van der Waals surface area contributed by atoms with Crippen molar-refractivity contribution in [2.45, 2.75) is 20.3 Å². The molecule has 0 bridgehead atoms. The molecule has 0 saturated heterocycles. The smallest absolute Gasteiger partial charge is 0.127 e. The Balaban J connectivity index is 0.869. The Morgan fingerprint density at radius 2 is 0.976 bits per heavy atom. The molecule has 0 aliphatic carbocycles. The summed E-state index contributed by atoms with van der Waals surface area (Å²) in [6.45, 7) is 9.64. The minimum Gasteiger partial charge on any atom is -0.488 e. The SMILES string of the molecule is C=C1/C=C(c2cc(C)c(/C=C\CC)c3ccccc23)\C=C(\c2ccc3c(c2)c2ccccc2n3-c2ccc(-c3c4ccccc4c(-c4ccccc4)c4ccccc34)cc2)COc2ccc(-c3cc4ccccc4c4ccccc34)cc21. The fourth-order valence-electron chi connectivity index (χ4n) is 13.2. The number of hydrogen-bond acceptors (Lipinski definition) is 1. The molecule has 0 atom stereocenters. The number of para-hydroxylation sites is 1. The molecule has 0 spiro atoms. The zero-order chi connectivity index (χ0) is 54.8. The Morgan fingerprint density at radius 3 is 1.67 bits per heavy atom. The number of benzene rings is 13. The Kier molecular flexibility index (Phi) is 12.0. The van der Waals surface area contributed by atoms with Crippen LogP contribution < -0.4 is 4.74 Å². The van der Waals surface area contributed by atoms with E-state index in [9.17, 15) is 0 Å². The second kappa shape index (κ2) is 20.1. The number of aryl methyl sites for hydroxylation is 1. The summed E-state index contributed by atoms with van der Waals surface area (Å²) < 4.78 is 9.50. The van der Waals surface area contributed by atoms with E-state index in [4.69, 9.17) is 11.3 Å². The normalized spacial score (nSPS) is 14.2. The van der Waals surface area contributed by atoms with Crippen molar-refractivity contribution in [2.75, 3.05) is 6.61 Å². The van der Waals surface area contributed by atoms with Gasteiger partial charge in [-0.1, -0.05) is 226 Å². The first-order valence-electron chi connectivity index (χ1n) is 28.6. The Bertz CT molecular complexity index is 4970. The van der Waals surface area contributed by atoms with E-state index in [-0.39, 0.29) is 0 Å². The van der Waals surface area contributed by atoms with Gasteiger partial charge in [0.15, 0.2) is 0 Å². The van der Waals surface area contributed by atoms with Gasteiger partial charge in [0.25, 0.3) is 0 Å². The summed E-state index contributed by atoms with van der Waals surface area (Å²) in [5, 5.41) is 14.7. The van der Waals surface area contributed by atoms with Crippen molar-refractivity contribution in [2.24, 2.45) is 0 Å². The monoisotopic (exact) mass is 1050 g/mol. The summed E-state index contributed by atoms with van der Waals surface area (Å²) in [5.41, 5.74) is 19.4. The number of hydrogen-bond donors (Lipinski definition) is 0. The molecule has 2 nitrogen and oxygen atoms in total. The molecule has 2 heterocycles. The average Bonchev–Trinajstić information content (AvgIpc) is 4.06. The molecule has 0 amide bonds. The summed E-state index contributed by atoms with van der Waals surface area (Å²) in [7, 11) is 0. The quantitative estimate of drug-likeness (QED) is 0.109. The molecule has 2 heteroatoms. The fraction of sp³-hybridized carbons (Fsp3) is 0.0500. The zero-order valence-electron chi connectivity index (χ0n) is 46.0. The number of nitrogens with zero attached hydrogens (tertiary/aromatic N) is 1. The van der Waals surface area contributed by atoms with Crippen LogP contribution in [-0.4, -0.2) is 11.2 Å². The fourth-order valence-corrected chi connectivity index (χ4v) is 13.2. The van der Waals surface area contributed by atoms with Crippen LogP contribution in [0.25, 0.3) is 138 Å². The van der Waals surface area contributed by atoms with E-state index in [1.165, 1.54) is 104 Å². The van der Waals surface area contributed by atoms with Crippen molar-refractivity contribution in [3.63, 3.8) is 0 Å². The third kappa shape index (κ3) is 8.17. The van der Waals surface area contributed by atoms with Gasteiger partial charge in [0, 0.05) is 22.0 Å². The Labute approximate surface area is 478 Å². The highest BCUT2D eigenvalue weighted by Crippen LogP contribution is 2.46. The van der Waals surface area contributed by atoms with Crippen LogP contribution in [0.4, 0.5) is 0 Å². The van der Waals surface area contributed by atoms with Crippen molar-refractivity contribution in [3.8, 4) is 44.8 Å². The van der Waals surface area contributed by atoms with Gasteiger partial charge in [-0.05, 0) is 200 Å². The molecular weight excluding hydrogens is 991 g/mol. The zero-order valence-corrected chi connectivity index (χ0v) is 46.0. The number of aromatic nitrogens is 1. The molecule has 82 heavy (non-hydrogen) atoms. The van der Waals surface area contributed by atoms with Crippen molar-refractivity contribution in [1.82, 2.24) is 4.57 Å². The molecule has 1 aromatic heterocycles. The third-order valence-electron chi connectivity index (χ3n) is 17.0. The van der Waals surface area contributed by atoms with Crippen LogP contribution >= 0.6 is 0 Å². The van der Waals surface area contributed by atoms with E-state index in [1.807, 2.05) is 0 Å². The largest absolute Gasteiger partial charge is 0.488 e. The minimum absolute atomic E-state index is 0.353. The summed E-state index contributed by atoms with van der Waals surface area (Å²) in [6.07, 6.45) is 10.2. The average molecular weight is 1050 g/mol. The van der Waals surface area contributed by atoms with E-state index < -0.39 is 0 Å². The number of fused-ring (bicyclic) bond motifs is 10. The molecule has 388 valence electrons. The summed E-state index contributed by atoms with van der Waals surface area (Å²) in [5.74, 6) is 0.803. The molecule has 1 aliphatic heterocycles. The van der Waals surface area contributed by atoms with Crippen molar-refractivity contribution in [1.29, 1.82) is 0 Å². The molecular formula is C80H57NO. The van der Waals surface area contributed by atoms with Crippen molar-refractivity contribution in [3.05, 3.63) is 301 Å². The molecule has 0 saturated carbocycles. The van der Waals surface area contributed by atoms with E-state index in [1.54, 1.807) is 0 Å². The van der Waals surface area contributed by atoms with Crippen LogP contribution in [0, 0.1) is 6.92 Å². The minimum atomic E-state index is 0.353. The molecule has 0 unspecified atom stereocenters. The molecule has 13 aromatic carbocycles. The standard InChI is InChI=1S/C80H57NO/c1-4-5-24-61-52(3)45-73(65-28-13-11-26-63(61)65)58-44-51(2)72-48-57(74-49-56-23-9-10-25-62(56)64-27-12-14-29-66(64)74)39-43-78(72)82-50-59(46-58)55-38-42-77-75(47-55)67-30-19-20-35-76(67)81(77)60-40-36-54(37-41-60)80-70-33-17-15-31-68(70)79(53-21-7-6-8-22-53)69-32-16-18-34-71(69)80/h5-49H,2,4,50H2,1,3H3/b24-5-,58-44+,59-46+. The van der Waals surface area contributed by atoms with Crippen LogP contribution in [0.3, 0.4) is 0 Å². The number of rotatable bonds is 8. The molecule has 0 radical (unpaired) electrons. The van der Waals surface area contributed by atoms with Crippen molar-refractivity contribution >= 4 is 98.5 Å². The first-order valence-corrected chi connectivity index (χ1v) is 28.6. The van der Waals surface area contributed by atoms with Gasteiger partial charge in [0.1, 0.15) is 12.4 Å². The predicted molar refractivity (Wildman–Crippen MR) is 352 cm³/mol. The molecule has 15 rings (SSSR count). The van der Waals surface area contributed by atoms with Gasteiger partial charge < -0.3 is 9.30 Å². The maximum Gasteiger partial charge on any atom is 0.127 e. The van der Waals surface area contributed by atoms with Gasteiger partial charge in [-0.25, -0.2) is 0 Å². The number of allylic oxidation sites excluding steroid dienone is 5. The van der Waals surface area contributed by atoms with Crippen LogP contribution in [0.1, 0.15) is 41.2 Å². The van der Waals surface area contributed by atoms with Gasteiger partial charge >= 0.3 is 0 Å². The maximum absolute atomic E-state index is 7.08. The van der Waals surface area contributed by atoms with Crippen LogP contribution in [0.2, 0.25) is 0 Å². The Morgan fingerprint density at radius 1 is 0.427 bits per heavy atom. The lowest BCUT2D eigenvalue weighted by molar-refractivity contribution is 0.369. The molecule has 0 N–H and O–H groups in total. The maximum atomic E-state index is 7.08. The Hall–Kier alpha value is -10.3. The topological polar surface area (TPSA) is 14.2 Å². The van der Waals surface area contributed by atoms with Crippen LogP contribution in [-0.2, 0) is 0 Å². The summed E-state index contributed by atoms with van der Waals surface area (Å²) in [6, 6.07) is 91.2. The highest BCUT2D eigenvalue weighted by Gasteiger charge is 2.22. The van der Waals surface area contributed by atoms with Crippen LogP contribution in [0.15, 0.2) is 274 Å². The molecule has 1 aliphatic rings. The first-order chi connectivity index (χ1) is 40.5. The van der Waals surface area contributed by atoms with E-state index in [2.05, 4.69) is 291 Å². The molecule has 0 fully saturated rings. The van der Waals surface area contributed by atoms with Gasteiger partial charge in [0.05, 0.1) is 11.0 Å². The second-order valence-electron chi connectivity index (χ2n) is 21.8. The summed E-state index contributed by atoms with van der Waals surface area (Å²) >= 11 is 0. The second-order valence-corrected chi connectivity index (χ2v) is 21.8. The van der Waals surface area contributed by atoms with E-state index in [0.29, 0.717) is 6.61 Å². The number of ether oxygens (including phenoxy) is 1. The van der Waals surface area contributed by atoms with E-state index in [0.717, 1.165) is 67.9 Å². The molecule has 14 aromatic rings. The van der Waals surface area contributed by atoms with Crippen LogP contribution in [0.5, 0.6) is 5.75 Å². The van der Waals surface area contributed by atoms with E-state index >= 15 is 0 Å². The highest BCUT2D eigenvalue weighted by atomic mass is 16.5. The van der Waals surface area contributed by atoms with Crippen molar-refractivity contribution < 1.29 is 4.74 Å². The summed E-state index contributed by atoms with van der Waals surface area (Å²) in [4.78, 5) is 0. The lowest BCUT2D eigenvalue weighted by Gasteiger charge is -2.18.